The van der Waals surface area contributed by atoms with E-state index in [1.165, 1.54) is 13.8 Å². The molecule has 0 bridgehead atoms. The zero-order valence-corrected chi connectivity index (χ0v) is 15.1. The summed E-state index contributed by atoms with van der Waals surface area (Å²) < 4.78 is 9.70. The molecule has 0 atom stereocenters. The van der Waals surface area contributed by atoms with Gasteiger partial charge in [-0.2, -0.15) is 0 Å². The maximum Gasteiger partial charge on any atom is 4.00 e. The average molecular weight is 360 g/mol. The molecule has 7 nitrogen and oxygen atoms in total. The molecule has 0 fully saturated rings. The molecule has 0 aliphatic heterocycles. The monoisotopic (exact) mass is 360 g/mol. The standard InChI is InChI=1S/C12H14O4.C3H6O.2O.Ti/c1-3-15-11(13)9-7-5-6-8-10(9)12(14)16-4-2;1-3(2)4;;;/h5-8H,3-4H2,1-2H3;1-2H3;;;/q;;2*-2;+4. The van der Waals surface area contributed by atoms with Crippen molar-refractivity contribution in [3.63, 3.8) is 0 Å². The molecular formula is C15H20O7Ti. The van der Waals surface area contributed by atoms with Gasteiger partial charge in [-0.3, -0.25) is 0 Å². The summed E-state index contributed by atoms with van der Waals surface area (Å²) in [5.41, 5.74) is 0.477. The van der Waals surface area contributed by atoms with E-state index in [1.54, 1.807) is 38.1 Å². The van der Waals surface area contributed by atoms with Crippen molar-refractivity contribution in [1.29, 1.82) is 0 Å². The third-order valence-corrected chi connectivity index (χ3v) is 1.92. The number of rotatable bonds is 4. The molecule has 1 rings (SSSR count). The van der Waals surface area contributed by atoms with Crippen LogP contribution in [0.25, 0.3) is 0 Å². The van der Waals surface area contributed by atoms with Crippen LogP contribution in [0.1, 0.15) is 48.4 Å². The van der Waals surface area contributed by atoms with Crippen molar-refractivity contribution in [2.75, 3.05) is 13.2 Å². The van der Waals surface area contributed by atoms with Crippen LogP contribution in [0.15, 0.2) is 24.3 Å². The summed E-state index contributed by atoms with van der Waals surface area (Å²) in [5.74, 6) is -0.850. The molecule has 0 saturated heterocycles. The smallest absolute Gasteiger partial charge is 2.00 e. The van der Waals surface area contributed by atoms with E-state index in [1.807, 2.05) is 0 Å². The minimum atomic E-state index is -0.508. The number of hydrogen-bond acceptors (Lipinski definition) is 5. The van der Waals surface area contributed by atoms with Gasteiger partial charge in [-0.05, 0) is 39.8 Å². The Hall–Kier alpha value is -1.54. The SMILES string of the molecule is CC(C)=O.CCOC(=O)c1ccccc1C(=O)OCC.[O-2].[O-2].[Ti+4]. The molecule has 1 aromatic carbocycles. The molecule has 0 spiro atoms. The minimum Gasteiger partial charge on any atom is -2.00 e. The molecule has 1 aromatic rings. The number of benzene rings is 1. The Balaban J connectivity index is -0.000000232. The van der Waals surface area contributed by atoms with Gasteiger partial charge in [-0.15, -0.1) is 0 Å². The minimum absolute atomic E-state index is 0. The van der Waals surface area contributed by atoms with Gasteiger partial charge in [0.15, 0.2) is 0 Å². The third-order valence-electron chi connectivity index (χ3n) is 1.92. The number of esters is 2. The van der Waals surface area contributed by atoms with Gasteiger partial charge < -0.3 is 25.2 Å². The van der Waals surface area contributed by atoms with Gasteiger partial charge in [0.05, 0.1) is 24.3 Å². The van der Waals surface area contributed by atoms with Crippen LogP contribution in [0.3, 0.4) is 0 Å². The molecule has 0 amide bonds. The Kier molecular flexibility index (Phi) is 21.6. The third kappa shape index (κ3) is 12.7. The fourth-order valence-corrected chi connectivity index (χ4v) is 1.26. The van der Waals surface area contributed by atoms with Crippen molar-refractivity contribution in [3.8, 4) is 0 Å². The van der Waals surface area contributed by atoms with Gasteiger partial charge in [0.25, 0.3) is 0 Å². The van der Waals surface area contributed by atoms with Crippen LogP contribution in [-0.4, -0.2) is 30.9 Å². The second kappa shape index (κ2) is 16.8. The van der Waals surface area contributed by atoms with E-state index in [0.717, 1.165) is 0 Å². The second-order valence-corrected chi connectivity index (χ2v) is 3.89. The van der Waals surface area contributed by atoms with E-state index in [-0.39, 0.29) is 62.8 Å². The van der Waals surface area contributed by atoms with Crippen LogP contribution in [-0.2, 0) is 46.9 Å². The van der Waals surface area contributed by atoms with Crippen LogP contribution >= 0.6 is 0 Å². The largest absolute Gasteiger partial charge is 4.00 e. The van der Waals surface area contributed by atoms with Gasteiger partial charge in [-0.1, -0.05) is 12.1 Å². The number of carbonyl (C=O) groups excluding carboxylic acids is 3. The zero-order valence-electron chi connectivity index (χ0n) is 13.6. The van der Waals surface area contributed by atoms with E-state index in [0.29, 0.717) is 0 Å². The van der Waals surface area contributed by atoms with Gasteiger partial charge in [-0.25, -0.2) is 9.59 Å². The first-order valence-electron chi connectivity index (χ1n) is 6.34. The normalized spacial score (nSPS) is 7.83. The first kappa shape index (κ1) is 29.5. The average Bonchev–Trinajstić information content (AvgIpc) is 2.38. The van der Waals surface area contributed by atoms with Gasteiger partial charge in [0.2, 0.25) is 0 Å². The number of carbonyl (C=O) groups is 3. The number of hydrogen-bond donors (Lipinski definition) is 0. The van der Waals surface area contributed by atoms with Crippen LogP contribution in [0.4, 0.5) is 0 Å². The fraction of sp³-hybridized carbons (Fsp3) is 0.400. The van der Waals surface area contributed by atoms with Crippen LogP contribution in [0, 0.1) is 0 Å². The molecule has 0 saturated carbocycles. The van der Waals surface area contributed by atoms with E-state index in [9.17, 15) is 14.4 Å². The van der Waals surface area contributed by atoms with Crippen molar-refractivity contribution < 1.29 is 56.5 Å². The van der Waals surface area contributed by atoms with E-state index in [4.69, 9.17) is 9.47 Å². The van der Waals surface area contributed by atoms with Gasteiger partial charge in [0, 0.05) is 0 Å². The predicted octanol–water partition coefficient (Wildman–Crippen LogP) is 2.40. The molecule has 0 radical (unpaired) electrons. The topological polar surface area (TPSA) is 127 Å². The maximum atomic E-state index is 11.5. The number of Topliss-reactive ketones (excluding diaryl/α,β-unsaturated/α-hetero) is 1. The molecule has 0 heterocycles. The molecule has 0 aromatic heterocycles. The Bertz CT molecular complexity index is 434. The summed E-state index contributed by atoms with van der Waals surface area (Å²) in [5, 5.41) is 0. The molecule has 126 valence electrons. The van der Waals surface area contributed by atoms with Crippen molar-refractivity contribution in [3.05, 3.63) is 35.4 Å². The molecule has 0 aliphatic carbocycles. The fourth-order valence-electron chi connectivity index (χ4n) is 1.26. The van der Waals surface area contributed by atoms with Gasteiger partial charge in [0.1, 0.15) is 5.78 Å². The van der Waals surface area contributed by atoms with Crippen molar-refractivity contribution in [2.24, 2.45) is 0 Å². The maximum absolute atomic E-state index is 11.5. The number of ether oxygens (including phenoxy) is 2. The van der Waals surface area contributed by atoms with E-state index in [2.05, 4.69) is 0 Å². The number of ketones is 1. The van der Waals surface area contributed by atoms with Crippen LogP contribution in [0.2, 0.25) is 0 Å². The summed E-state index contributed by atoms with van der Waals surface area (Å²) in [6.07, 6.45) is 0. The Morgan fingerprint density at radius 3 is 1.30 bits per heavy atom. The summed E-state index contributed by atoms with van der Waals surface area (Å²) in [6.45, 7) is 7.03. The first-order valence-corrected chi connectivity index (χ1v) is 6.34. The quantitative estimate of drug-likeness (QED) is 0.602. The van der Waals surface area contributed by atoms with Crippen molar-refractivity contribution >= 4 is 17.7 Å². The second-order valence-electron chi connectivity index (χ2n) is 3.89. The summed E-state index contributed by atoms with van der Waals surface area (Å²) >= 11 is 0. The summed E-state index contributed by atoms with van der Waals surface area (Å²) in [7, 11) is 0. The molecule has 23 heavy (non-hydrogen) atoms. The molecular weight excluding hydrogens is 340 g/mol. The van der Waals surface area contributed by atoms with Crippen molar-refractivity contribution in [2.45, 2.75) is 27.7 Å². The molecule has 0 N–H and O–H groups in total. The Morgan fingerprint density at radius 1 is 0.826 bits per heavy atom. The first-order chi connectivity index (χ1) is 9.43. The predicted molar refractivity (Wildman–Crippen MR) is 76.1 cm³/mol. The zero-order chi connectivity index (χ0) is 15.5. The van der Waals surface area contributed by atoms with E-state index < -0.39 is 11.9 Å². The van der Waals surface area contributed by atoms with Gasteiger partial charge >= 0.3 is 33.7 Å². The van der Waals surface area contributed by atoms with Crippen LogP contribution < -0.4 is 0 Å². The van der Waals surface area contributed by atoms with Crippen LogP contribution in [0.5, 0.6) is 0 Å². The molecule has 0 unspecified atom stereocenters. The summed E-state index contributed by atoms with van der Waals surface area (Å²) in [6, 6.07) is 6.44. The molecule has 0 aliphatic rings. The summed E-state index contributed by atoms with van der Waals surface area (Å²) in [4.78, 5) is 32.5. The van der Waals surface area contributed by atoms with Crippen molar-refractivity contribution in [1.82, 2.24) is 0 Å². The van der Waals surface area contributed by atoms with E-state index >= 15 is 0 Å². The Labute approximate surface area is 150 Å². The molecule has 8 heteroatoms. The Morgan fingerprint density at radius 2 is 1.09 bits per heavy atom.